The van der Waals surface area contributed by atoms with Gasteiger partial charge in [-0.3, -0.25) is 4.79 Å². The van der Waals surface area contributed by atoms with Gasteiger partial charge in [-0.25, -0.2) is 8.42 Å². The molecule has 0 radical (unpaired) electrons. The molecule has 0 saturated carbocycles. The Morgan fingerprint density at radius 2 is 1.66 bits per heavy atom. The summed E-state index contributed by atoms with van der Waals surface area (Å²) < 4.78 is 41.7. The average Bonchev–Trinajstić information content (AvgIpc) is 2.71. The number of nitrogens with two attached hydrogens (primary N) is 1. The fourth-order valence-corrected chi connectivity index (χ4v) is 4.24. The van der Waals surface area contributed by atoms with Gasteiger partial charge >= 0.3 is 0 Å². The van der Waals surface area contributed by atoms with Crippen LogP contribution in [0.1, 0.15) is 23.3 Å². The zero-order valence-electron chi connectivity index (χ0n) is 18.7. The van der Waals surface area contributed by atoms with Crippen molar-refractivity contribution in [2.75, 3.05) is 32.3 Å². The summed E-state index contributed by atoms with van der Waals surface area (Å²) in [5.74, 6) is 0.328. The van der Waals surface area contributed by atoms with Gasteiger partial charge in [0.15, 0.2) is 0 Å². The van der Waals surface area contributed by atoms with E-state index in [9.17, 15) is 22.9 Å². The van der Waals surface area contributed by atoms with Gasteiger partial charge < -0.3 is 24.9 Å². The highest BCUT2D eigenvalue weighted by atomic mass is 32.2. The third-order valence-electron chi connectivity index (χ3n) is 4.18. The molecular formula is C22H31NO7S2. The Balaban J connectivity index is 0.000000389. The lowest BCUT2D eigenvalue weighted by Crippen LogP contribution is -2.27. The Hall–Kier alpha value is -2.11. The molecule has 1 amide bonds. The van der Waals surface area contributed by atoms with Crippen molar-refractivity contribution in [1.82, 2.24) is 0 Å². The summed E-state index contributed by atoms with van der Waals surface area (Å²) in [4.78, 5) is 11.3. The van der Waals surface area contributed by atoms with E-state index in [1.807, 2.05) is 38.5 Å². The van der Waals surface area contributed by atoms with Crippen LogP contribution in [0.15, 0.2) is 53.4 Å². The van der Waals surface area contributed by atoms with Crippen LogP contribution in [0.5, 0.6) is 5.75 Å². The second kappa shape index (κ2) is 13.4. The number of primary amides is 1. The number of aliphatic hydroxyl groups is 1. The SMILES string of the molecule is CCOCC(O)COc1ccc(C(C(N)=O)[S+](C)C)cc1.Cc1ccc(S(=O)(=O)[O-])cc1. The number of rotatable bonds is 10. The summed E-state index contributed by atoms with van der Waals surface area (Å²) in [6.07, 6.45) is 3.33. The van der Waals surface area contributed by atoms with Crippen molar-refractivity contribution >= 4 is 26.9 Å². The first-order valence-electron chi connectivity index (χ1n) is 9.82. The highest BCUT2D eigenvalue weighted by Gasteiger charge is 2.29. The highest BCUT2D eigenvalue weighted by Crippen LogP contribution is 2.24. The number of amides is 1. The van der Waals surface area contributed by atoms with Crippen LogP contribution < -0.4 is 10.5 Å². The zero-order valence-corrected chi connectivity index (χ0v) is 20.3. The lowest BCUT2D eigenvalue weighted by Gasteiger charge is -2.14. The number of ether oxygens (including phenoxy) is 2. The molecule has 32 heavy (non-hydrogen) atoms. The molecule has 3 N–H and O–H groups in total. The van der Waals surface area contributed by atoms with Crippen molar-refractivity contribution in [3.05, 3.63) is 59.7 Å². The molecule has 0 aliphatic rings. The molecule has 178 valence electrons. The summed E-state index contributed by atoms with van der Waals surface area (Å²) >= 11 is 0. The largest absolute Gasteiger partial charge is 0.744 e. The van der Waals surface area contributed by atoms with Crippen LogP contribution in [0, 0.1) is 6.92 Å². The molecule has 0 aromatic heterocycles. The maximum Gasteiger partial charge on any atom is 0.275 e. The number of carbonyl (C=O) groups excluding carboxylic acids is 1. The molecule has 0 fully saturated rings. The minimum absolute atomic E-state index is 0.128. The van der Waals surface area contributed by atoms with Gasteiger partial charge in [0, 0.05) is 12.2 Å². The van der Waals surface area contributed by atoms with Crippen molar-refractivity contribution in [3.63, 3.8) is 0 Å². The summed E-state index contributed by atoms with van der Waals surface area (Å²) in [5, 5.41) is 9.34. The van der Waals surface area contributed by atoms with Gasteiger partial charge in [-0.15, -0.1) is 0 Å². The summed E-state index contributed by atoms with van der Waals surface area (Å²) in [7, 11) is -4.40. The number of aryl methyl sites for hydroxylation is 1. The van der Waals surface area contributed by atoms with E-state index in [-0.39, 0.29) is 40.2 Å². The number of benzene rings is 2. The van der Waals surface area contributed by atoms with Crippen molar-refractivity contribution < 1.29 is 32.3 Å². The molecule has 10 heteroatoms. The maximum absolute atomic E-state index is 11.5. The van der Waals surface area contributed by atoms with Crippen LogP contribution in [-0.4, -0.2) is 62.4 Å². The van der Waals surface area contributed by atoms with Gasteiger partial charge in [0.25, 0.3) is 5.91 Å². The van der Waals surface area contributed by atoms with Crippen LogP contribution in [0.3, 0.4) is 0 Å². The van der Waals surface area contributed by atoms with Crippen LogP contribution in [0.2, 0.25) is 0 Å². The van der Waals surface area contributed by atoms with Gasteiger partial charge in [0.1, 0.15) is 28.6 Å². The summed E-state index contributed by atoms with van der Waals surface area (Å²) in [6, 6.07) is 13.0. The van der Waals surface area contributed by atoms with Crippen molar-refractivity contribution in [1.29, 1.82) is 0 Å². The number of hydrogen-bond acceptors (Lipinski definition) is 7. The standard InChI is InChI=1S/C15H23NO4S.C7H8O3S/c1-4-19-9-12(17)10-20-13-7-5-11(6-8-13)14(15(16)18)21(2)3;1-6-2-4-7(5-3-6)11(8,9)10/h5-8,12,14,17H,4,9-10H2,1-3H3,(H-,16,18);2-5H,1H3,(H,8,9,10). The second-order valence-electron chi connectivity index (χ2n) is 7.12. The Bertz CT molecular complexity index is 930. The molecule has 0 aliphatic heterocycles. The molecule has 0 saturated heterocycles. The van der Waals surface area contributed by atoms with Gasteiger partial charge in [-0.1, -0.05) is 17.7 Å². The van der Waals surface area contributed by atoms with E-state index in [2.05, 4.69) is 0 Å². The first kappa shape index (κ1) is 27.9. The minimum atomic E-state index is -4.27. The Kier molecular flexibility index (Phi) is 11.7. The number of carbonyl (C=O) groups is 1. The van der Waals surface area contributed by atoms with E-state index in [1.54, 1.807) is 24.3 Å². The van der Waals surface area contributed by atoms with Crippen LogP contribution in [0.25, 0.3) is 0 Å². The molecule has 2 rings (SSSR count). The Morgan fingerprint density at radius 1 is 1.09 bits per heavy atom. The summed E-state index contributed by atoms with van der Waals surface area (Å²) in [5.41, 5.74) is 7.26. The Morgan fingerprint density at radius 3 is 2.09 bits per heavy atom. The normalized spacial score (nSPS) is 13.1. The molecule has 0 aliphatic carbocycles. The van der Waals surface area contributed by atoms with E-state index in [1.165, 1.54) is 12.1 Å². The minimum Gasteiger partial charge on any atom is -0.744 e. The third-order valence-corrected chi connectivity index (χ3v) is 6.48. The molecule has 2 aromatic rings. The van der Waals surface area contributed by atoms with E-state index in [4.69, 9.17) is 15.2 Å². The first-order valence-corrected chi connectivity index (χ1v) is 13.3. The number of hydrogen-bond donors (Lipinski definition) is 2. The molecule has 0 heterocycles. The molecule has 0 spiro atoms. The monoisotopic (exact) mass is 485 g/mol. The van der Waals surface area contributed by atoms with E-state index < -0.39 is 16.2 Å². The average molecular weight is 486 g/mol. The quantitative estimate of drug-likeness (QED) is 0.386. The van der Waals surface area contributed by atoms with Gasteiger partial charge in [-0.05, 0) is 61.1 Å². The first-order chi connectivity index (χ1) is 15.0. The summed E-state index contributed by atoms with van der Waals surface area (Å²) in [6.45, 7) is 4.69. The fraction of sp³-hybridized carbons (Fsp3) is 0.409. The topological polar surface area (TPSA) is 139 Å². The molecular weight excluding hydrogens is 454 g/mol. The molecule has 2 unspecified atom stereocenters. The lowest BCUT2D eigenvalue weighted by molar-refractivity contribution is -0.117. The number of aliphatic hydroxyl groups excluding tert-OH is 1. The second-order valence-corrected chi connectivity index (χ2v) is 10.7. The fourth-order valence-electron chi connectivity index (χ4n) is 2.61. The third kappa shape index (κ3) is 10.0. The van der Waals surface area contributed by atoms with Crippen molar-refractivity contribution in [2.45, 2.75) is 30.1 Å². The maximum atomic E-state index is 11.5. The van der Waals surface area contributed by atoms with Crippen LogP contribution >= 0.6 is 0 Å². The zero-order chi connectivity index (χ0) is 24.3. The van der Waals surface area contributed by atoms with E-state index in [0.717, 1.165) is 11.1 Å². The molecule has 0 bridgehead atoms. The van der Waals surface area contributed by atoms with Gasteiger partial charge in [0.2, 0.25) is 5.25 Å². The predicted octanol–water partition coefficient (Wildman–Crippen LogP) is 1.77. The predicted molar refractivity (Wildman–Crippen MR) is 125 cm³/mol. The van der Waals surface area contributed by atoms with Crippen molar-refractivity contribution in [2.24, 2.45) is 5.73 Å². The van der Waals surface area contributed by atoms with Gasteiger partial charge in [0.05, 0.1) is 24.0 Å². The Labute approximate surface area is 192 Å². The highest BCUT2D eigenvalue weighted by molar-refractivity contribution is 7.96. The van der Waals surface area contributed by atoms with E-state index in [0.29, 0.717) is 12.4 Å². The van der Waals surface area contributed by atoms with Crippen LogP contribution in [-0.2, 0) is 30.5 Å². The smallest absolute Gasteiger partial charge is 0.275 e. The molecule has 2 aromatic carbocycles. The molecule has 2 atom stereocenters. The van der Waals surface area contributed by atoms with Crippen molar-refractivity contribution in [3.8, 4) is 5.75 Å². The lowest BCUT2D eigenvalue weighted by atomic mass is 10.1. The molecule has 8 nitrogen and oxygen atoms in total. The van der Waals surface area contributed by atoms with Crippen LogP contribution in [0.4, 0.5) is 0 Å². The van der Waals surface area contributed by atoms with E-state index >= 15 is 0 Å². The van der Waals surface area contributed by atoms with Gasteiger partial charge in [-0.2, -0.15) is 0 Å².